The van der Waals surface area contributed by atoms with Crippen molar-refractivity contribution in [3.8, 4) is 5.69 Å². The van der Waals surface area contributed by atoms with Gasteiger partial charge in [0.2, 0.25) is 5.82 Å². The quantitative estimate of drug-likeness (QED) is 0.278. The van der Waals surface area contributed by atoms with Gasteiger partial charge in [-0.1, -0.05) is 23.2 Å². The first-order chi connectivity index (χ1) is 16.3. The monoisotopic (exact) mass is 567 g/mol. The van der Waals surface area contributed by atoms with Crippen LogP contribution in [0.15, 0.2) is 12.1 Å². The number of fused-ring (bicyclic) bond motifs is 1. The summed E-state index contributed by atoms with van der Waals surface area (Å²) in [5, 5.41) is 3.94. The highest BCUT2D eigenvalue weighted by Gasteiger charge is 2.48. The minimum absolute atomic E-state index is 0.151. The van der Waals surface area contributed by atoms with Crippen molar-refractivity contribution in [2.75, 3.05) is 11.9 Å². The molecule has 6 nitrogen and oxygen atoms in total. The Kier molecular flexibility index (Phi) is 6.08. The van der Waals surface area contributed by atoms with Crippen LogP contribution in [0.25, 0.3) is 16.7 Å². The summed E-state index contributed by atoms with van der Waals surface area (Å²) in [5.41, 5.74) is -5.46. The van der Waals surface area contributed by atoms with Crippen molar-refractivity contribution >= 4 is 40.1 Å². The van der Waals surface area contributed by atoms with E-state index in [2.05, 4.69) is 20.4 Å². The maximum atomic E-state index is 13.8. The van der Waals surface area contributed by atoms with Gasteiger partial charge in [0.1, 0.15) is 17.6 Å². The van der Waals surface area contributed by atoms with E-state index in [1.165, 1.54) is 0 Å². The number of hydrogen-bond donors (Lipinski definition) is 1. The molecule has 2 aromatic heterocycles. The number of nitrogens with one attached hydrogen (secondary N) is 1. The van der Waals surface area contributed by atoms with E-state index in [0.29, 0.717) is 16.8 Å². The smallest absolute Gasteiger partial charge is 0.367 e. The van der Waals surface area contributed by atoms with Gasteiger partial charge in [0, 0.05) is 6.54 Å². The molecule has 0 spiro atoms. The molecule has 0 bridgehead atoms. The zero-order chi connectivity index (χ0) is 27.0. The van der Waals surface area contributed by atoms with Crippen molar-refractivity contribution in [3.63, 3.8) is 0 Å². The minimum atomic E-state index is -5.39. The SMILES string of the molecule is CC1(C)OC1CNc1c2c(C(F)(F)F)nc(C(F)(F)F)nc2nn1-c1c(Cl)cc(C(F)(F)F)cc1Cl. The predicted molar refractivity (Wildman–Crippen MR) is 109 cm³/mol. The fourth-order valence-corrected chi connectivity index (χ4v) is 4.04. The molecule has 0 aliphatic carbocycles. The summed E-state index contributed by atoms with van der Waals surface area (Å²) in [7, 11) is 0. The third kappa shape index (κ3) is 4.87. The number of epoxide rings is 1. The summed E-state index contributed by atoms with van der Waals surface area (Å²) in [5.74, 6) is -2.71. The van der Waals surface area contributed by atoms with Crippen LogP contribution in [0.5, 0.6) is 0 Å². The largest absolute Gasteiger partial charge is 0.451 e. The Morgan fingerprint density at radius 2 is 1.50 bits per heavy atom. The van der Waals surface area contributed by atoms with Crippen molar-refractivity contribution in [2.24, 2.45) is 0 Å². The van der Waals surface area contributed by atoms with Gasteiger partial charge < -0.3 is 10.1 Å². The van der Waals surface area contributed by atoms with E-state index >= 15 is 0 Å². The second-order valence-corrected chi connectivity index (χ2v) is 9.04. The van der Waals surface area contributed by atoms with Crippen molar-refractivity contribution in [3.05, 3.63) is 39.3 Å². The third-order valence-corrected chi connectivity index (χ3v) is 5.81. The number of nitrogens with zero attached hydrogens (tertiary/aromatic N) is 4. The number of halogens is 11. The number of benzene rings is 1. The molecular weight excluding hydrogens is 556 g/mol. The molecule has 1 unspecified atom stereocenters. The third-order valence-electron chi connectivity index (χ3n) is 5.23. The molecule has 17 heteroatoms. The average Bonchev–Trinajstić information content (AvgIpc) is 3.15. The van der Waals surface area contributed by atoms with Gasteiger partial charge in [-0.25, -0.2) is 14.6 Å². The highest BCUT2D eigenvalue weighted by Crippen LogP contribution is 2.43. The summed E-state index contributed by atoms with van der Waals surface area (Å²) in [4.78, 5) is 5.78. The highest BCUT2D eigenvalue weighted by molar-refractivity contribution is 6.38. The summed E-state index contributed by atoms with van der Waals surface area (Å²) in [6.45, 7) is 3.21. The summed E-state index contributed by atoms with van der Waals surface area (Å²) >= 11 is 12.0. The number of hydrogen-bond acceptors (Lipinski definition) is 5. The number of anilines is 1. The van der Waals surface area contributed by atoms with E-state index in [4.69, 9.17) is 27.9 Å². The minimum Gasteiger partial charge on any atom is -0.367 e. The van der Waals surface area contributed by atoms with Crippen molar-refractivity contribution in [1.29, 1.82) is 0 Å². The number of rotatable bonds is 4. The lowest BCUT2D eigenvalue weighted by Gasteiger charge is -2.16. The first-order valence-corrected chi connectivity index (χ1v) is 10.5. The molecule has 0 radical (unpaired) electrons. The Bertz CT molecular complexity index is 1330. The van der Waals surface area contributed by atoms with E-state index < -0.39 is 79.9 Å². The first-order valence-electron chi connectivity index (χ1n) is 9.74. The maximum absolute atomic E-state index is 13.8. The molecule has 1 aromatic carbocycles. The van der Waals surface area contributed by atoms with Crippen LogP contribution in [0.1, 0.15) is 30.9 Å². The molecule has 1 saturated heterocycles. The second-order valence-electron chi connectivity index (χ2n) is 8.23. The van der Waals surface area contributed by atoms with Gasteiger partial charge in [-0.2, -0.15) is 39.5 Å². The van der Waals surface area contributed by atoms with Crippen molar-refractivity contribution < 1.29 is 44.3 Å². The fraction of sp³-hybridized carbons (Fsp3) is 0.421. The molecule has 1 fully saturated rings. The summed E-state index contributed by atoms with van der Waals surface area (Å²) < 4.78 is 127. The van der Waals surface area contributed by atoms with E-state index in [-0.39, 0.29) is 6.54 Å². The Labute approximate surface area is 205 Å². The lowest BCUT2D eigenvalue weighted by atomic mass is 10.1. The van der Waals surface area contributed by atoms with Crippen LogP contribution in [0, 0.1) is 0 Å². The molecule has 3 heterocycles. The molecule has 36 heavy (non-hydrogen) atoms. The van der Waals surface area contributed by atoms with Gasteiger partial charge in [0.25, 0.3) is 0 Å². The van der Waals surface area contributed by atoms with Crippen molar-refractivity contribution in [1.82, 2.24) is 19.7 Å². The van der Waals surface area contributed by atoms with E-state index in [1.54, 1.807) is 13.8 Å². The van der Waals surface area contributed by atoms with Crippen LogP contribution >= 0.6 is 23.2 Å². The summed E-state index contributed by atoms with van der Waals surface area (Å²) in [6, 6.07) is 0.896. The normalized spacial score (nSPS) is 18.1. The van der Waals surface area contributed by atoms with E-state index in [0.717, 1.165) is 0 Å². The molecule has 1 atom stereocenters. The fourth-order valence-electron chi connectivity index (χ4n) is 3.39. The molecule has 1 aliphatic heterocycles. The van der Waals surface area contributed by atoms with Crippen LogP contribution < -0.4 is 5.32 Å². The maximum Gasteiger partial charge on any atom is 0.451 e. The van der Waals surface area contributed by atoms with Gasteiger partial charge in [0.05, 0.1) is 26.6 Å². The zero-order valence-corrected chi connectivity index (χ0v) is 19.3. The topological polar surface area (TPSA) is 68.2 Å². The Balaban J connectivity index is 2.01. The van der Waals surface area contributed by atoms with Gasteiger partial charge >= 0.3 is 18.5 Å². The van der Waals surface area contributed by atoms with E-state index in [9.17, 15) is 39.5 Å². The molecule has 0 saturated carbocycles. The van der Waals surface area contributed by atoms with Crippen LogP contribution in [-0.4, -0.2) is 38.0 Å². The van der Waals surface area contributed by atoms with Crippen LogP contribution in [0.2, 0.25) is 10.0 Å². The number of aromatic nitrogens is 4. The van der Waals surface area contributed by atoms with Gasteiger partial charge in [-0.05, 0) is 26.0 Å². The Morgan fingerprint density at radius 1 is 0.944 bits per heavy atom. The van der Waals surface area contributed by atoms with E-state index in [1.807, 2.05) is 0 Å². The lowest BCUT2D eigenvalue weighted by Crippen LogP contribution is -2.19. The molecule has 1 N–H and O–H groups in total. The van der Waals surface area contributed by atoms with Crippen LogP contribution in [0.3, 0.4) is 0 Å². The number of ether oxygens (including phenoxy) is 1. The van der Waals surface area contributed by atoms with Crippen molar-refractivity contribution in [2.45, 2.75) is 44.1 Å². The molecule has 0 amide bonds. The highest BCUT2D eigenvalue weighted by atomic mass is 35.5. The number of alkyl halides is 9. The standard InChI is InChI=1S/C19H12Cl2F9N5O/c1-16(2)9(36-16)5-31-14-10-12(18(25,26)27)32-15(19(28,29)30)33-13(10)34-35(14)11-7(20)3-6(4-8(11)21)17(22,23)24/h3-4,9,31H,5H2,1-2H3. The Hall–Kier alpha value is -2.52. The molecule has 1 aliphatic rings. The van der Waals surface area contributed by atoms with Gasteiger partial charge in [-0.3, -0.25) is 0 Å². The second kappa shape index (κ2) is 8.25. The molecule has 4 rings (SSSR count). The van der Waals surface area contributed by atoms with Gasteiger partial charge in [0.15, 0.2) is 11.3 Å². The average molecular weight is 568 g/mol. The zero-order valence-electron chi connectivity index (χ0n) is 17.8. The Morgan fingerprint density at radius 3 is 1.94 bits per heavy atom. The molecule has 3 aromatic rings. The molecular formula is C19H12Cl2F9N5O. The predicted octanol–water partition coefficient (Wildman–Crippen LogP) is 6.77. The molecule has 196 valence electrons. The lowest BCUT2D eigenvalue weighted by molar-refractivity contribution is -0.151. The summed E-state index contributed by atoms with van der Waals surface area (Å²) in [6.07, 6.45) is -16.1. The van der Waals surface area contributed by atoms with Crippen LogP contribution in [0.4, 0.5) is 45.3 Å². The first kappa shape index (κ1) is 26.5. The van der Waals surface area contributed by atoms with Gasteiger partial charge in [-0.15, -0.1) is 5.10 Å². The van der Waals surface area contributed by atoms with Crippen LogP contribution in [-0.2, 0) is 23.3 Å².